The fraction of sp³-hybridized carbons (Fsp3) is 0.167. The summed E-state index contributed by atoms with van der Waals surface area (Å²) in [4.78, 5) is 12.1. The van der Waals surface area contributed by atoms with Crippen LogP contribution in [0.3, 0.4) is 0 Å². The fourth-order valence-corrected chi connectivity index (χ4v) is 2.83. The van der Waals surface area contributed by atoms with Gasteiger partial charge in [-0.1, -0.05) is 18.2 Å². The molecule has 0 atom stereocenters. The maximum atomic E-state index is 12.1. The van der Waals surface area contributed by atoms with Crippen LogP contribution in [-0.2, 0) is 13.1 Å². The van der Waals surface area contributed by atoms with Gasteiger partial charge in [-0.05, 0) is 59.7 Å². The van der Waals surface area contributed by atoms with Gasteiger partial charge < -0.3 is 24.8 Å². The third kappa shape index (κ3) is 6.15. The molecule has 3 rings (SSSR count). The van der Waals surface area contributed by atoms with Crippen LogP contribution >= 0.6 is 0 Å². The number of amides is 2. The molecule has 0 aliphatic heterocycles. The predicted molar refractivity (Wildman–Crippen MR) is 116 cm³/mol. The first-order chi connectivity index (χ1) is 15.1. The highest BCUT2D eigenvalue weighted by Crippen LogP contribution is 2.27. The van der Waals surface area contributed by atoms with E-state index in [1.54, 1.807) is 44.6 Å². The van der Waals surface area contributed by atoms with E-state index in [1.807, 2.05) is 36.4 Å². The molecule has 31 heavy (non-hydrogen) atoms. The molecular formula is C24H23N3O4. The van der Waals surface area contributed by atoms with Gasteiger partial charge in [-0.25, -0.2) is 4.79 Å². The summed E-state index contributed by atoms with van der Waals surface area (Å²) in [6, 6.07) is 21.6. The molecule has 3 aromatic rings. The third-order valence-corrected chi connectivity index (χ3v) is 4.50. The van der Waals surface area contributed by atoms with Crippen molar-refractivity contribution in [3.05, 3.63) is 83.4 Å². The Morgan fingerprint density at radius 1 is 0.806 bits per heavy atom. The van der Waals surface area contributed by atoms with Crippen molar-refractivity contribution in [1.29, 1.82) is 5.26 Å². The van der Waals surface area contributed by atoms with E-state index in [-0.39, 0.29) is 6.03 Å². The number of nitrogens with zero attached hydrogens (tertiary/aromatic N) is 1. The predicted octanol–water partition coefficient (Wildman–Crippen LogP) is 4.37. The molecule has 0 heterocycles. The molecule has 0 fully saturated rings. The van der Waals surface area contributed by atoms with E-state index in [1.165, 1.54) is 0 Å². The third-order valence-electron chi connectivity index (χ3n) is 4.50. The van der Waals surface area contributed by atoms with Gasteiger partial charge in [0.15, 0.2) is 11.5 Å². The molecule has 0 saturated heterocycles. The Balaban J connectivity index is 1.46. The Labute approximate surface area is 181 Å². The topological polar surface area (TPSA) is 92.6 Å². The molecule has 7 nitrogen and oxygen atoms in total. The SMILES string of the molecule is COc1ccc(CNC(=O)NCc2ccc(Oc3ccc(C#N)cc3)cc2)cc1OC. The van der Waals surface area contributed by atoms with E-state index in [0.29, 0.717) is 41.7 Å². The lowest BCUT2D eigenvalue weighted by atomic mass is 10.2. The first-order valence-electron chi connectivity index (χ1n) is 9.61. The summed E-state index contributed by atoms with van der Waals surface area (Å²) in [5.74, 6) is 2.58. The van der Waals surface area contributed by atoms with Gasteiger partial charge in [0.25, 0.3) is 0 Å². The highest BCUT2D eigenvalue weighted by Gasteiger charge is 2.06. The molecule has 158 valence electrons. The van der Waals surface area contributed by atoms with E-state index < -0.39 is 0 Å². The lowest BCUT2D eigenvalue weighted by Gasteiger charge is -2.11. The van der Waals surface area contributed by atoms with Crippen LogP contribution in [0.15, 0.2) is 66.7 Å². The van der Waals surface area contributed by atoms with E-state index in [9.17, 15) is 4.79 Å². The zero-order valence-electron chi connectivity index (χ0n) is 17.3. The number of benzene rings is 3. The number of nitrogens with one attached hydrogen (secondary N) is 2. The fourth-order valence-electron chi connectivity index (χ4n) is 2.83. The summed E-state index contributed by atoms with van der Waals surface area (Å²) in [6.07, 6.45) is 0. The van der Waals surface area contributed by atoms with Gasteiger partial charge in [-0.15, -0.1) is 0 Å². The van der Waals surface area contributed by atoms with E-state index in [0.717, 1.165) is 11.1 Å². The molecule has 0 unspecified atom stereocenters. The molecule has 0 saturated carbocycles. The summed E-state index contributed by atoms with van der Waals surface area (Å²) >= 11 is 0. The van der Waals surface area contributed by atoms with Crippen molar-refractivity contribution >= 4 is 6.03 Å². The molecule has 0 bridgehead atoms. The minimum Gasteiger partial charge on any atom is -0.493 e. The molecule has 0 aliphatic rings. The number of methoxy groups -OCH3 is 2. The van der Waals surface area contributed by atoms with Gasteiger partial charge in [0.2, 0.25) is 0 Å². The largest absolute Gasteiger partial charge is 0.493 e. The van der Waals surface area contributed by atoms with Gasteiger partial charge >= 0.3 is 6.03 Å². The van der Waals surface area contributed by atoms with Crippen LogP contribution in [0.4, 0.5) is 4.79 Å². The first kappa shape index (κ1) is 21.5. The average Bonchev–Trinajstić information content (AvgIpc) is 2.82. The van der Waals surface area contributed by atoms with Gasteiger partial charge in [0, 0.05) is 13.1 Å². The van der Waals surface area contributed by atoms with Crippen LogP contribution in [-0.4, -0.2) is 20.3 Å². The second-order valence-electron chi connectivity index (χ2n) is 6.61. The Morgan fingerprint density at radius 3 is 1.94 bits per heavy atom. The molecule has 2 amide bonds. The van der Waals surface area contributed by atoms with Gasteiger partial charge in [-0.3, -0.25) is 0 Å². The number of rotatable bonds is 8. The number of hydrogen-bond acceptors (Lipinski definition) is 5. The molecule has 0 spiro atoms. The van der Waals surface area contributed by atoms with Crippen molar-refractivity contribution in [1.82, 2.24) is 10.6 Å². The van der Waals surface area contributed by atoms with Gasteiger partial charge in [0.05, 0.1) is 25.9 Å². The highest BCUT2D eigenvalue weighted by molar-refractivity contribution is 5.73. The monoisotopic (exact) mass is 417 g/mol. The average molecular weight is 417 g/mol. The molecular weight excluding hydrogens is 394 g/mol. The number of carbonyl (C=O) groups is 1. The molecule has 0 aromatic heterocycles. The molecule has 7 heteroatoms. The number of nitriles is 1. The smallest absolute Gasteiger partial charge is 0.315 e. The van der Waals surface area contributed by atoms with Crippen molar-refractivity contribution < 1.29 is 19.0 Å². The molecule has 2 N–H and O–H groups in total. The minimum atomic E-state index is -0.271. The summed E-state index contributed by atoms with van der Waals surface area (Å²) < 4.78 is 16.2. The van der Waals surface area contributed by atoms with Crippen LogP contribution in [0.5, 0.6) is 23.0 Å². The second kappa shape index (κ2) is 10.6. The van der Waals surface area contributed by atoms with Crippen molar-refractivity contribution in [2.24, 2.45) is 0 Å². The van der Waals surface area contributed by atoms with E-state index >= 15 is 0 Å². The van der Waals surface area contributed by atoms with Crippen molar-refractivity contribution in [2.45, 2.75) is 13.1 Å². The maximum Gasteiger partial charge on any atom is 0.315 e. The molecule has 0 radical (unpaired) electrons. The zero-order valence-corrected chi connectivity index (χ0v) is 17.3. The highest BCUT2D eigenvalue weighted by atomic mass is 16.5. The van der Waals surface area contributed by atoms with E-state index in [4.69, 9.17) is 19.5 Å². The first-order valence-corrected chi connectivity index (χ1v) is 9.61. The van der Waals surface area contributed by atoms with Crippen LogP contribution in [0.25, 0.3) is 0 Å². The summed E-state index contributed by atoms with van der Waals surface area (Å²) in [6.45, 7) is 0.748. The van der Waals surface area contributed by atoms with Gasteiger partial charge in [0.1, 0.15) is 11.5 Å². The molecule has 3 aromatic carbocycles. The quantitative estimate of drug-likeness (QED) is 0.568. The van der Waals surface area contributed by atoms with Crippen LogP contribution in [0, 0.1) is 11.3 Å². The Morgan fingerprint density at radius 2 is 1.35 bits per heavy atom. The Hall–Kier alpha value is -4.18. The summed E-state index contributed by atoms with van der Waals surface area (Å²) in [5, 5.41) is 14.5. The Kier molecular flexibility index (Phi) is 7.33. The normalized spacial score (nSPS) is 9.97. The molecule has 0 aliphatic carbocycles. The van der Waals surface area contributed by atoms with Crippen molar-refractivity contribution in [2.75, 3.05) is 14.2 Å². The minimum absolute atomic E-state index is 0.271. The number of hydrogen-bond donors (Lipinski definition) is 2. The standard InChI is InChI=1S/C24H23N3O4/c1-29-22-12-7-19(13-23(22)30-2)16-27-24(28)26-15-18-5-10-21(11-6-18)31-20-8-3-17(14-25)4-9-20/h3-13H,15-16H2,1-2H3,(H2,26,27,28). The lowest BCUT2D eigenvalue weighted by Crippen LogP contribution is -2.34. The second-order valence-corrected chi connectivity index (χ2v) is 6.61. The van der Waals surface area contributed by atoms with Crippen molar-refractivity contribution in [3.8, 4) is 29.1 Å². The van der Waals surface area contributed by atoms with Crippen LogP contribution in [0.1, 0.15) is 16.7 Å². The zero-order chi connectivity index (χ0) is 22.1. The van der Waals surface area contributed by atoms with Crippen molar-refractivity contribution in [3.63, 3.8) is 0 Å². The number of urea groups is 1. The summed E-state index contributed by atoms with van der Waals surface area (Å²) in [7, 11) is 3.15. The lowest BCUT2D eigenvalue weighted by molar-refractivity contribution is 0.240. The van der Waals surface area contributed by atoms with Gasteiger partial charge in [-0.2, -0.15) is 5.26 Å². The number of carbonyl (C=O) groups excluding carboxylic acids is 1. The van der Waals surface area contributed by atoms with E-state index in [2.05, 4.69) is 16.7 Å². The number of ether oxygens (including phenoxy) is 3. The Bertz CT molecular complexity index is 1060. The summed E-state index contributed by atoms with van der Waals surface area (Å²) in [5.41, 5.74) is 2.42. The van der Waals surface area contributed by atoms with Crippen LogP contribution in [0.2, 0.25) is 0 Å². The maximum absolute atomic E-state index is 12.1. The van der Waals surface area contributed by atoms with Crippen LogP contribution < -0.4 is 24.8 Å².